The van der Waals surface area contributed by atoms with Crippen molar-refractivity contribution in [2.24, 2.45) is 0 Å². The van der Waals surface area contributed by atoms with E-state index >= 15 is 0 Å². The molecule has 1 N–H and O–H groups in total. The zero-order valence-electron chi connectivity index (χ0n) is 6.12. The normalized spacial score (nSPS) is 26.3. The standard InChI is InChI=1S/C8H14O2/c9-6-2-1-4-8-5-3-7-10-8/h1,4,8-9H,2-3,5-7H2/b4-1-. The molecule has 10 heavy (non-hydrogen) atoms. The van der Waals surface area contributed by atoms with Crippen LogP contribution in [0.25, 0.3) is 0 Å². The van der Waals surface area contributed by atoms with Crippen molar-refractivity contribution in [2.45, 2.75) is 25.4 Å². The van der Waals surface area contributed by atoms with Gasteiger partial charge >= 0.3 is 0 Å². The van der Waals surface area contributed by atoms with Crippen LogP contribution < -0.4 is 0 Å². The van der Waals surface area contributed by atoms with Crippen LogP contribution in [0.5, 0.6) is 0 Å². The lowest BCUT2D eigenvalue weighted by atomic mass is 10.2. The average Bonchev–Trinajstić information content (AvgIpc) is 2.41. The Labute approximate surface area is 61.5 Å². The lowest BCUT2D eigenvalue weighted by Crippen LogP contribution is -1.98. The molecule has 1 rings (SSSR count). The highest BCUT2D eigenvalue weighted by Gasteiger charge is 2.10. The highest BCUT2D eigenvalue weighted by atomic mass is 16.5. The molecule has 0 radical (unpaired) electrons. The highest BCUT2D eigenvalue weighted by Crippen LogP contribution is 2.12. The van der Waals surface area contributed by atoms with Crippen molar-refractivity contribution in [3.8, 4) is 0 Å². The minimum Gasteiger partial charge on any atom is -0.396 e. The van der Waals surface area contributed by atoms with Crippen molar-refractivity contribution >= 4 is 0 Å². The molecule has 0 aromatic carbocycles. The van der Waals surface area contributed by atoms with Gasteiger partial charge in [-0.2, -0.15) is 0 Å². The molecule has 58 valence electrons. The summed E-state index contributed by atoms with van der Waals surface area (Å²) < 4.78 is 5.33. The Hall–Kier alpha value is -0.340. The maximum Gasteiger partial charge on any atom is 0.0756 e. The number of aliphatic hydroxyl groups is 1. The van der Waals surface area contributed by atoms with Crippen LogP contribution in [-0.4, -0.2) is 24.4 Å². The lowest BCUT2D eigenvalue weighted by molar-refractivity contribution is 0.145. The van der Waals surface area contributed by atoms with E-state index in [1.54, 1.807) is 0 Å². The summed E-state index contributed by atoms with van der Waals surface area (Å²) in [6.45, 7) is 1.14. The van der Waals surface area contributed by atoms with Gasteiger partial charge in [-0.3, -0.25) is 0 Å². The maximum absolute atomic E-state index is 8.45. The Bertz CT molecular complexity index is 104. The van der Waals surface area contributed by atoms with E-state index in [4.69, 9.17) is 9.84 Å². The Morgan fingerprint density at radius 1 is 1.60 bits per heavy atom. The van der Waals surface area contributed by atoms with Crippen LogP contribution >= 0.6 is 0 Å². The molecule has 1 aliphatic heterocycles. The van der Waals surface area contributed by atoms with Gasteiger partial charge in [0.15, 0.2) is 0 Å². The minimum atomic E-state index is 0.239. The van der Waals surface area contributed by atoms with Crippen molar-refractivity contribution in [3.63, 3.8) is 0 Å². The van der Waals surface area contributed by atoms with Gasteiger partial charge in [-0.05, 0) is 19.3 Å². The number of aliphatic hydroxyl groups excluding tert-OH is 1. The van der Waals surface area contributed by atoms with Gasteiger partial charge in [-0.25, -0.2) is 0 Å². The first-order chi connectivity index (χ1) is 4.93. The summed E-state index contributed by atoms with van der Waals surface area (Å²) in [6, 6.07) is 0. The topological polar surface area (TPSA) is 29.5 Å². The molecule has 0 aromatic rings. The zero-order chi connectivity index (χ0) is 7.23. The first-order valence-corrected chi connectivity index (χ1v) is 3.82. The fourth-order valence-corrected chi connectivity index (χ4v) is 1.08. The molecule has 0 spiro atoms. The van der Waals surface area contributed by atoms with Crippen LogP contribution in [0.3, 0.4) is 0 Å². The summed E-state index contributed by atoms with van der Waals surface area (Å²) in [6.07, 6.45) is 7.42. The van der Waals surface area contributed by atoms with E-state index < -0.39 is 0 Å². The van der Waals surface area contributed by atoms with Gasteiger partial charge in [-0.15, -0.1) is 0 Å². The quantitative estimate of drug-likeness (QED) is 0.598. The summed E-state index contributed by atoms with van der Waals surface area (Å²) in [7, 11) is 0. The van der Waals surface area contributed by atoms with Crippen LogP contribution in [0.15, 0.2) is 12.2 Å². The second kappa shape index (κ2) is 4.47. The first kappa shape index (κ1) is 7.76. The third-order valence-corrected chi connectivity index (χ3v) is 1.61. The number of hydrogen-bond donors (Lipinski definition) is 1. The van der Waals surface area contributed by atoms with Crippen molar-refractivity contribution in [1.29, 1.82) is 0 Å². The zero-order valence-corrected chi connectivity index (χ0v) is 6.12. The van der Waals surface area contributed by atoms with E-state index in [1.807, 2.05) is 12.2 Å². The molecular formula is C8H14O2. The molecule has 2 heteroatoms. The lowest BCUT2D eigenvalue weighted by Gasteiger charge is -1.99. The Morgan fingerprint density at radius 2 is 2.50 bits per heavy atom. The molecule has 0 amide bonds. The summed E-state index contributed by atoms with van der Waals surface area (Å²) in [4.78, 5) is 0. The van der Waals surface area contributed by atoms with Gasteiger partial charge in [0, 0.05) is 13.2 Å². The van der Waals surface area contributed by atoms with E-state index in [0.717, 1.165) is 19.4 Å². The van der Waals surface area contributed by atoms with Gasteiger partial charge in [0.05, 0.1) is 6.10 Å². The summed E-state index contributed by atoms with van der Waals surface area (Å²) >= 11 is 0. The number of rotatable bonds is 3. The highest BCUT2D eigenvalue weighted by molar-refractivity contribution is 4.91. The molecule has 0 bridgehead atoms. The second-order valence-electron chi connectivity index (χ2n) is 2.49. The van der Waals surface area contributed by atoms with Crippen molar-refractivity contribution in [2.75, 3.05) is 13.2 Å². The Kier molecular flexibility index (Phi) is 3.47. The molecular weight excluding hydrogens is 128 g/mol. The molecule has 0 aliphatic carbocycles. The third kappa shape index (κ3) is 2.50. The molecule has 1 unspecified atom stereocenters. The van der Waals surface area contributed by atoms with Gasteiger partial charge in [0.1, 0.15) is 0 Å². The third-order valence-electron chi connectivity index (χ3n) is 1.61. The summed E-state index contributed by atoms with van der Waals surface area (Å²) in [5.74, 6) is 0. The van der Waals surface area contributed by atoms with Crippen LogP contribution in [-0.2, 0) is 4.74 Å². The van der Waals surface area contributed by atoms with Crippen molar-refractivity contribution in [3.05, 3.63) is 12.2 Å². The fourth-order valence-electron chi connectivity index (χ4n) is 1.08. The van der Waals surface area contributed by atoms with E-state index in [2.05, 4.69) is 0 Å². The molecule has 1 heterocycles. The number of hydrogen-bond acceptors (Lipinski definition) is 2. The smallest absolute Gasteiger partial charge is 0.0756 e. The minimum absolute atomic E-state index is 0.239. The molecule has 1 aliphatic rings. The Balaban J connectivity index is 2.10. The van der Waals surface area contributed by atoms with Gasteiger partial charge in [-0.1, -0.05) is 12.2 Å². The molecule has 1 fully saturated rings. The van der Waals surface area contributed by atoms with Crippen LogP contribution in [0.2, 0.25) is 0 Å². The van der Waals surface area contributed by atoms with Gasteiger partial charge in [0.25, 0.3) is 0 Å². The fraction of sp³-hybridized carbons (Fsp3) is 0.750. The van der Waals surface area contributed by atoms with Crippen LogP contribution in [0.1, 0.15) is 19.3 Å². The predicted molar refractivity (Wildman–Crippen MR) is 39.8 cm³/mol. The molecule has 0 aromatic heterocycles. The average molecular weight is 142 g/mol. The van der Waals surface area contributed by atoms with E-state index in [1.165, 1.54) is 6.42 Å². The summed E-state index contributed by atoms with van der Waals surface area (Å²) in [5, 5.41) is 8.45. The van der Waals surface area contributed by atoms with Crippen molar-refractivity contribution < 1.29 is 9.84 Å². The molecule has 1 saturated heterocycles. The van der Waals surface area contributed by atoms with Crippen LogP contribution in [0.4, 0.5) is 0 Å². The Morgan fingerprint density at radius 3 is 3.10 bits per heavy atom. The van der Waals surface area contributed by atoms with Crippen LogP contribution in [0, 0.1) is 0 Å². The molecule has 0 saturated carbocycles. The predicted octanol–water partition coefficient (Wildman–Crippen LogP) is 1.10. The van der Waals surface area contributed by atoms with Crippen molar-refractivity contribution in [1.82, 2.24) is 0 Å². The first-order valence-electron chi connectivity index (χ1n) is 3.82. The van der Waals surface area contributed by atoms with Gasteiger partial charge in [0.2, 0.25) is 0 Å². The van der Waals surface area contributed by atoms with Gasteiger partial charge < -0.3 is 9.84 Å². The monoisotopic (exact) mass is 142 g/mol. The SMILES string of the molecule is OCC/C=C\C1CCCO1. The molecule has 1 atom stereocenters. The summed E-state index contributed by atoms with van der Waals surface area (Å²) in [5.41, 5.74) is 0. The molecule has 2 nitrogen and oxygen atoms in total. The van der Waals surface area contributed by atoms with E-state index in [0.29, 0.717) is 6.10 Å². The van der Waals surface area contributed by atoms with E-state index in [9.17, 15) is 0 Å². The number of ether oxygens (including phenoxy) is 1. The van der Waals surface area contributed by atoms with E-state index in [-0.39, 0.29) is 6.61 Å². The maximum atomic E-state index is 8.45. The largest absolute Gasteiger partial charge is 0.396 e. The second-order valence-corrected chi connectivity index (χ2v) is 2.49.